The van der Waals surface area contributed by atoms with E-state index >= 15 is 0 Å². The first-order valence-corrected chi connectivity index (χ1v) is 19.0. The quantitative estimate of drug-likeness (QED) is 0.159. The van der Waals surface area contributed by atoms with Crippen molar-refractivity contribution in [1.29, 1.82) is 0 Å². The minimum absolute atomic E-state index is 0.0717. The van der Waals surface area contributed by atoms with E-state index < -0.39 is 0 Å². The van der Waals surface area contributed by atoms with E-state index in [0.29, 0.717) is 22.8 Å². The predicted molar refractivity (Wildman–Crippen MR) is 213 cm³/mol. The minimum atomic E-state index is -0.161. The van der Waals surface area contributed by atoms with Gasteiger partial charge in [-0.05, 0) is 92.4 Å². The summed E-state index contributed by atoms with van der Waals surface area (Å²) in [4.78, 5) is 51.0. The summed E-state index contributed by atoms with van der Waals surface area (Å²) in [5.74, 6) is -0.0897. The van der Waals surface area contributed by atoms with Gasteiger partial charge >= 0.3 is 0 Å². The molecule has 2 aliphatic rings. The fraction of sp³-hybridized carbons (Fsp3) is 0.295. The SMILES string of the molecule is Cc1cccnc1C1CCCCN1CCN1CCN(C(=O)c2ccc(-c3cc4c(-c5cccc(NC(=O)c6ccccc6)c5C)ncnc4[nH]3)cc2)CC1. The summed E-state index contributed by atoms with van der Waals surface area (Å²) < 4.78 is 0. The lowest BCUT2D eigenvalue weighted by Gasteiger charge is -2.39. The molecular formula is C44H46N8O2. The smallest absolute Gasteiger partial charge is 0.255 e. The molecule has 2 N–H and O–H groups in total. The van der Waals surface area contributed by atoms with Gasteiger partial charge in [0.05, 0.1) is 17.4 Å². The Morgan fingerprint density at radius 2 is 1.61 bits per heavy atom. The molecular weight excluding hydrogens is 673 g/mol. The molecule has 274 valence electrons. The molecule has 0 saturated carbocycles. The van der Waals surface area contributed by atoms with Gasteiger partial charge < -0.3 is 15.2 Å². The van der Waals surface area contributed by atoms with Crippen molar-refractivity contribution in [2.75, 3.05) is 51.1 Å². The number of aromatic amines is 1. The van der Waals surface area contributed by atoms with Crippen LogP contribution in [0.1, 0.15) is 62.8 Å². The number of H-pyrrole nitrogens is 1. The number of piperidine rings is 1. The Balaban J connectivity index is 0.903. The van der Waals surface area contributed by atoms with E-state index in [1.54, 1.807) is 18.5 Å². The van der Waals surface area contributed by atoms with Crippen LogP contribution in [0.5, 0.6) is 0 Å². The molecule has 0 aliphatic carbocycles. The Bertz CT molecular complexity index is 2260. The van der Waals surface area contributed by atoms with Gasteiger partial charge in [0.2, 0.25) is 0 Å². The van der Waals surface area contributed by atoms with Crippen LogP contribution >= 0.6 is 0 Å². The molecule has 0 radical (unpaired) electrons. The van der Waals surface area contributed by atoms with E-state index in [1.165, 1.54) is 30.5 Å². The highest BCUT2D eigenvalue weighted by atomic mass is 16.2. The molecule has 8 rings (SSSR count). The summed E-state index contributed by atoms with van der Waals surface area (Å²) in [5.41, 5.74) is 9.69. The molecule has 1 unspecified atom stereocenters. The first-order valence-electron chi connectivity index (χ1n) is 19.0. The number of pyridine rings is 1. The third-order valence-corrected chi connectivity index (χ3v) is 11.1. The number of carbonyl (C=O) groups excluding carboxylic acids is 2. The molecule has 2 aliphatic heterocycles. The van der Waals surface area contributed by atoms with Crippen LogP contribution in [0.25, 0.3) is 33.5 Å². The largest absolute Gasteiger partial charge is 0.339 e. The minimum Gasteiger partial charge on any atom is -0.339 e. The van der Waals surface area contributed by atoms with Crippen LogP contribution in [0.4, 0.5) is 5.69 Å². The average molecular weight is 719 g/mol. The lowest BCUT2D eigenvalue weighted by Crippen LogP contribution is -2.50. The molecule has 0 bridgehead atoms. The number of rotatable bonds is 9. The number of piperazine rings is 1. The van der Waals surface area contributed by atoms with Crippen LogP contribution < -0.4 is 5.32 Å². The zero-order chi connectivity index (χ0) is 37.0. The third kappa shape index (κ3) is 7.40. The van der Waals surface area contributed by atoms with Crippen LogP contribution in [-0.4, -0.2) is 92.3 Å². The molecule has 2 saturated heterocycles. The Labute approximate surface area is 316 Å². The van der Waals surface area contributed by atoms with Crippen molar-refractivity contribution in [3.05, 3.63) is 131 Å². The monoisotopic (exact) mass is 718 g/mol. The van der Waals surface area contributed by atoms with Gasteiger partial charge in [0.25, 0.3) is 11.8 Å². The number of anilines is 1. The van der Waals surface area contributed by atoms with Crippen LogP contribution in [0.2, 0.25) is 0 Å². The van der Waals surface area contributed by atoms with Gasteiger partial charge in [-0.1, -0.05) is 55.0 Å². The first-order chi connectivity index (χ1) is 26.4. The number of likely N-dealkylation sites (tertiary alicyclic amines) is 1. The van der Waals surface area contributed by atoms with E-state index in [9.17, 15) is 9.59 Å². The topological polar surface area (TPSA) is 110 Å². The van der Waals surface area contributed by atoms with Gasteiger partial charge in [0.1, 0.15) is 12.0 Å². The van der Waals surface area contributed by atoms with E-state index in [2.05, 4.69) is 49.1 Å². The second-order valence-electron chi connectivity index (χ2n) is 14.4. The molecule has 3 aromatic carbocycles. The van der Waals surface area contributed by atoms with E-state index in [-0.39, 0.29) is 11.8 Å². The van der Waals surface area contributed by atoms with Crippen molar-refractivity contribution in [3.63, 3.8) is 0 Å². The van der Waals surface area contributed by atoms with Crippen LogP contribution in [0.15, 0.2) is 104 Å². The van der Waals surface area contributed by atoms with E-state index in [0.717, 1.165) is 85.0 Å². The van der Waals surface area contributed by atoms with Crippen molar-refractivity contribution >= 4 is 28.5 Å². The molecule has 5 heterocycles. The van der Waals surface area contributed by atoms with Crippen LogP contribution in [0.3, 0.4) is 0 Å². The molecule has 3 aromatic heterocycles. The Morgan fingerprint density at radius 3 is 2.41 bits per heavy atom. The van der Waals surface area contributed by atoms with E-state index in [4.69, 9.17) is 4.98 Å². The first kappa shape index (κ1) is 35.3. The highest BCUT2D eigenvalue weighted by Crippen LogP contribution is 2.34. The number of aryl methyl sites for hydroxylation is 1. The van der Waals surface area contributed by atoms with Gasteiger partial charge in [-0.2, -0.15) is 0 Å². The Morgan fingerprint density at radius 1 is 0.796 bits per heavy atom. The lowest BCUT2D eigenvalue weighted by molar-refractivity contribution is 0.0595. The number of nitrogens with one attached hydrogen (secondary N) is 2. The number of hydrogen-bond donors (Lipinski definition) is 2. The van der Waals surface area contributed by atoms with Crippen LogP contribution in [-0.2, 0) is 0 Å². The molecule has 2 amide bonds. The summed E-state index contributed by atoms with van der Waals surface area (Å²) in [6, 6.07) is 29.5. The number of carbonyl (C=O) groups is 2. The number of amides is 2. The van der Waals surface area contributed by atoms with Crippen molar-refractivity contribution in [3.8, 4) is 22.5 Å². The lowest BCUT2D eigenvalue weighted by atomic mass is 9.96. The van der Waals surface area contributed by atoms with Gasteiger partial charge in [-0.3, -0.25) is 24.4 Å². The second kappa shape index (κ2) is 15.7. The normalized spacial score (nSPS) is 16.8. The van der Waals surface area contributed by atoms with Crippen LogP contribution in [0, 0.1) is 13.8 Å². The summed E-state index contributed by atoms with van der Waals surface area (Å²) in [6.45, 7) is 10.5. The molecule has 0 spiro atoms. The number of aromatic nitrogens is 4. The maximum absolute atomic E-state index is 13.6. The zero-order valence-electron chi connectivity index (χ0n) is 31.0. The summed E-state index contributed by atoms with van der Waals surface area (Å²) in [7, 11) is 0. The molecule has 10 heteroatoms. The van der Waals surface area contributed by atoms with E-state index in [1.807, 2.05) is 84.8 Å². The zero-order valence-corrected chi connectivity index (χ0v) is 31.0. The fourth-order valence-corrected chi connectivity index (χ4v) is 7.96. The van der Waals surface area contributed by atoms with Crippen molar-refractivity contribution < 1.29 is 9.59 Å². The van der Waals surface area contributed by atoms with Crippen molar-refractivity contribution in [2.24, 2.45) is 0 Å². The maximum atomic E-state index is 13.6. The fourth-order valence-electron chi connectivity index (χ4n) is 7.96. The van der Waals surface area contributed by atoms with Crippen molar-refractivity contribution in [2.45, 2.75) is 39.2 Å². The average Bonchev–Trinajstić information content (AvgIpc) is 3.67. The Hall–Kier alpha value is -5.71. The standard InChI is InChI=1S/C44H46N8O2/c1-30-10-9-20-45-40(30)39-15-6-7-21-51(39)25-22-50-23-26-52(27-24-50)44(54)34-18-16-32(17-19-34)38-28-36-41(46-29-47-42(36)48-38)35-13-8-14-37(31(35)2)49-43(53)33-11-4-3-5-12-33/h3-5,8-14,16-20,28-29,39H,6-7,15,21-27H2,1-2H3,(H,49,53)(H,46,47,48). The van der Waals surface area contributed by atoms with Crippen molar-refractivity contribution in [1.82, 2.24) is 34.6 Å². The number of benzene rings is 3. The number of hydrogen-bond acceptors (Lipinski definition) is 7. The molecule has 10 nitrogen and oxygen atoms in total. The molecule has 2 fully saturated rings. The van der Waals surface area contributed by atoms with Gasteiger partial charge in [-0.25, -0.2) is 9.97 Å². The summed E-state index contributed by atoms with van der Waals surface area (Å²) in [6.07, 6.45) is 7.14. The molecule has 1 atom stereocenters. The highest BCUT2D eigenvalue weighted by molar-refractivity contribution is 6.05. The summed E-state index contributed by atoms with van der Waals surface area (Å²) in [5, 5.41) is 3.93. The number of nitrogens with zero attached hydrogens (tertiary/aromatic N) is 6. The summed E-state index contributed by atoms with van der Waals surface area (Å²) >= 11 is 0. The van der Waals surface area contributed by atoms with Gasteiger partial charge in [-0.15, -0.1) is 0 Å². The maximum Gasteiger partial charge on any atom is 0.255 e. The highest BCUT2D eigenvalue weighted by Gasteiger charge is 2.28. The van der Waals surface area contributed by atoms with Gasteiger partial charge in [0, 0.05) is 78.9 Å². The molecule has 54 heavy (non-hydrogen) atoms. The predicted octanol–water partition coefficient (Wildman–Crippen LogP) is 7.54. The van der Waals surface area contributed by atoms with Gasteiger partial charge in [0.15, 0.2) is 0 Å². The third-order valence-electron chi connectivity index (χ3n) is 11.1. The number of fused-ring (bicyclic) bond motifs is 1. The Kier molecular flexibility index (Phi) is 10.3. The second-order valence-corrected chi connectivity index (χ2v) is 14.4. The molecule has 6 aromatic rings.